The number of nitrogens with one attached hydrogen (secondary N) is 2. The van der Waals surface area contributed by atoms with Gasteiger partial charge >= 0.3 is 0 Å². The molecular formula is C22H28N6O7. The zero-order valence-corrected chi connectivity index (χ0v) is 19.2. The van der Waals surface area contributed by atoms with Gasteiger partial charge in [-0.3, -0.25) is 24.5 Å². The normalized spacial score (nSPS) is 17.1. The highest BCUT2D eigenvalue weighted by Gasteiger charge is 2.39. The Bertz CT molecular complexity index is 995. The number of rotatable bonds is 14. The van der Waals surface area contributed by atoms with Crippen LogP contribution < -0.4 is 10.6 Å². The van der Waals surface area contributed by atoms with E-state index in [1.165, 1.54) is 4.90 Å². The second-order valence-corrected chi connectivity index (χ2v) is 7.82. The van der Waals surface area contributed by atoms with Crippen LogP contribution in [0.2, 0.25) is 0 Å². The Hall–Kier alpha value is -3.51. The molecular weight excluding hydrogens is 460 g/mol. The van der Waals surface area contributed by atoms with Crippen molar-refractivity contribution in [2.45, 2.75) is 31.8 Å². The quantitative estimate of drug-likeness (QED) is 0.130. The van der Waals surface area contributed by atoms with Crippen molar-refractivity contribution in [3.05, 3.63) is 39.8 Å². The lowest BCUT2D eigenvalue weighted by atomic mass is 10.0. The maximum absolute atomic E-state index is 12.8. The number of fused-ring (bicyclic) bond motifs is 1. The Morgan fingerprint density at radius 3 is 2.54 bits per heavy atom. The number of amides is 4. The second kappa shape index (κ2) is 13.4. The molecule has 1 saturated heterocycles. The molecule has 35 heavy (non-hydrogen) atoms. The van der Waals surface area contributed by atoms with Crippen LogP contribution in [0.3, 0.4) is 0 Å². The molecule has 188 valence electrons. The Labute approximate surface area is 201 Å². The summed E-state index contributed by atoms with van der Waals surface area (Å²) in [6, 6.07) is 4.33. The topological polar surface area (TPSA) is 172 Å². The summed E-state index contributed by atoms with van der Waals surface area (Å²) in [6.45, 7) is 2.44. The van der Waals surface area contributed by atoms with Crippen molar-refractivity contribution in [2.75, 3.05) is 51.5 Å². The van der Waals surface area contributed by atoms with Crippen molar-refractivity contribution in [3.63, 3.8) is 0 Å². The van der Waals surface area contributed by atoms with Crippen LogP contribution in [-0.4, -0.2) is 80.8 Å². The number of imide groups is 1. The number of carbonyl (C=O) groups is 4. The van der Waals surface area contributed by atoms with Crippen molar-refractivity contribution >= 4 is 29.3 Å². The van der Waals surface area contributed by atoms with Gasteiger partial charge in [-0.2, -0.15) is 0 Å². The fourth-order valence-corrected chi connectivity index (χ4v) is 3.77. The van der Waals surface area contributed by atoms with Gasteiger partial charge in [-0.1, -0.05) is 11.2 Å². The molecule has 1 aromatic carbocycles. The van der Waals surface area contributed by atoms with Crippen LogP contribution in [0.15, 0.2) is 23.3 Å². The number of hydrogen-bond donors (Lipinski definition) is 2. The Morgan fingerprint density at radius 1 is 1.11 bits per heavy atom. The smallest absolute Gasteiger partial charge is 0.255 e. The molecule has 0 spiro atoms. The van der Waals surface area contributed by atoms with E-state index in [4.69, 9.17) is 19.7 Å². The number of ether oxygens (including phenoxy) is 3. The van der Waals surface area contributed by atoms with Crippen LogP contribution in [0.1, 0.15) is 35.2 Å². The van der Waals surface area contributed by atoms with Crippen molar-refractivity contribution in [2.24, 2.45) is 5.11 Å². The second-order valence-electron chi connectivity index (χ2n) is 7.82. The zero-order chi connectivity index (χ0) is 25.0. The summed E-state index contributed by atoms with van der Waals surface area (Å²) in [6.07, 6.45) is 0.576. The standard InChI is InChI=1S/C22H28N6O7/c23-27-24-7-9-34-11-13-35-12-10-33-8-6-20(30)25-17-3-1-2-15-16(17)14-28(22(15)32)18-4-5-19(29)26-21(18)31/h1-3,18H,4-14H2,(H,25,30)(H,26,29,31). The Kier molecular flexibility index (Phi) is 9.99. The first-order valence-electron chi connectivity index (χ1n) is 11.3. The molecule has 13 nitrogen and oxygen atoms in total. The molecule has 13 heteroatoms. The average molecular weight is 489 g/mol. The van der Waals surface area contributed by atoms with Gasteiger partial charge in [0.2, 0.25) is 17.7 Å². The SMILES string of the molecule is [N-]=[N+]=NCCOCCOCCOCCC(=O)Nc1cccc2c1CN(C1CCC(=O)NC1=O)C2=O. The predicted octanol–water partition coefficient (Wildman–Crippen LogP) is 1.14. The number of piperidine rings is 1. The van der Waals surface area contributed by atoms with Gasteiger partial charge in [0, 0.05) is 41.2 Å². The molecule has 0 bridgehead atoms. The first-order chi connectivity index (χ1) is 17.0. The van der Waals surface area contributed by atoms with E-state index < -0.39 is 11.9 Å². The van der Waals surface area contributed by atoms with Crippen LogP contribution >= 0.6 is 0 Å². The van der Waals surface area contributed by atoms with Gasteiger partial charge in [0.15, 0.2) is 0 Å². The third kappa shape index (κ3) is 7.49. The number of anilines is 1. The Morgan fingerprint density at radius 2 is 1.83 bits per heavy atom. The lowest BCUT2D eigenvalue weighted by molar-refractivity contribution is -0.137. The molecule has 0 radical (unpaired) electrons. The zero-order valence-electron chi connectivity index (χ0n) is 19.2. The third-order valence-corrected chi connectivity index (χ3v) is 5.47. The average Bonchev–Trinajstić information content (AvgIpc) is 3.17. The number of hydrogen-bond acceptors (Lipinski definition) is 8. The summed E-state index contributed by atoms with van der Waals surface area (Å²) >= 11 is 0. The van der Waals surface area contributed by atoms with E-state index in [0.717, 1.165) is 0 Å². The maximum atomic E-state index is 12.8. The van der Waals surface area contributed by atoms with Crippen molar-refractivity contribution in [3.8, 4) is 0 Å². The summed E-state index contributed by atoms with van der Waals surface area (Å²) in [5.41, 5.74) is 9.73. The van der Waals surface area contributed by atoms with Crippen LogP contribution in [0.5, 0.6) is 0 Å². The Balaban J connectivity index is 1.36. The minimum Gasteiger partial charge on any atom is -0.379 e. The van der Waals surface area contributed by atoms with Gasteiger partial charge < -0.3 is 24.4 Å². The molecule has 2 aliphatic heterocycles. The molecule has 1 fully saturated rings. The third-order valence-electron chi connectivity index (χ3n) is 5.47. The molecule has 2 aliphatic rings. The summed E-state index contributed by atoms with van der Waals surface area (Å²) in [5, 5.41) is 8.43. The summed E-state index contributed by atoms with van der Waals surface area (Å²) < 4.78 is 16.0. The predicted molar refractivity (Wildman–Crippen MR) is 122 cm³/mol. The fraction of sp³-hybridized carbons (Fsp3) is 0.545. The highest BCUT2D eigenvalue weighted by atomic mass is 16.5. The monoisotopic (exact) mass is 488 g/mol. The lowest BCUT2D eigenvalue weighted by Crippen LogP contribution is -2.52. The largest absolute Gasteiger partial charge is 0.379 e. The van der Waals surface area contributed by atoms with E-state index in [0.29, 0.717) is 49.8 Å². The van der Waals surface area contributed by atoms with Crippen LogP contribution in [0.25, 0.3) is 10.4 Å². The number of carbonyl (C=O) groups excluding carboxylic acids is 4. The lowest BCUT2D eigenvalue weighted by Gasteiger charge is -2.29. The summed E-state index contributed by atoms with van der Waals surface area (Å²) in [7, 11) is 0. The molecule has 4 amide bonds. The molecule has 3 rings (SSSR count). The van der Waals surface area contributed by atoms with Crippen molar-refractivity contribution < 1.29 is 33.4 Å². The van der Waals surface area contributed by atoms with Crippen LogP contribution in [0.4, 0.5) is 5.69 Å². The number of benzene rings is 1. The van der Waals surface area contributed by atoms with Gasteiger partial charge in [0.1, 0.15) is 6.04 Å². The first-order valence-corrected chi connectivity index (χ1v) is 11.3. The molecule has 0 aromatic heterocycles. The molecule has 1 unspecified atom stereocenters. The highest BCUT2D eigenvalue weighted by Crippen LogP contribution is 2.32. The molecule has 1 atom stereocenters. The van der Waals surface area contributed by atoms with Gasteiger partial charge in [0.05, 0.1) is 46.1 Å². The van der Waals surface area contributed by atoms with E-state index in [-0.39, 0.29) is 56.7 Å². The summed E-state index contributed by atoms with van der Waals surface area (Å²) in [4.78, 5) is 52.9. The molecule has 0 saturated carbocycles. The van der Waals surface area contributed by atoms with Gasteiger partial charge in [0.25, 0.3) is 5.91 Å². The van der Waals surface area contributed by atoms with E-state index in [9.17, 15) is 19.2 Å². The molecule has 2 heterocycles. The minimum atomic E-state index is -0.712. The summed E-state index contributed by atoms with van der Waals surface area (Å²) in [5.74, 6) is -1.38. The van der Waals surface area contributed by atoms with E-state index in [1.54, 1.807) is 18.2 Å². The van der Waals surface area contributed by atoms with E-state index >= 15 is 0 Å². The van der Waals surface area contributed by atoms with Crippen LogP contribution in [-0.2, 0) is 35.1 Å². The minimum absolute atomic E-state index is 0.122. The van der Waals surface area contributed by atoms with Crippen molar-refractivity contribution in [1.29, 1.82) is 0 Å². The van der Waals surface area contributed by atoms with Gasteiger partial charge in [-0.05, 0) is 24.1 Å². The number of azide groups is 1. The van der Waals surface area contributed by atoms with Crippen molar-refractivity contribution in [1.82, 2.24) is 10.2 Å². The molecule has 0 aliphatic carbocycles. The first kappa shape index (κ1) is 26.1. The highest BCUT2D eigenvalue weighted by molar-refractivity contribution is 6.06. The fourth-order valence-electron chi connectivity index (χ4n) is 3.77. The van der Waals surface area contributed by atoms with E-state index in [2.05, 4.69) is 20.7 Å². The van der Waals surface area contributed by atoms with Gasteiger partial charge in [-0.15, -0.1) is 0 Å². The molecule has 1 aromatic rings. The van der Waals surface area contributed by atoms with E-state index in [1.807, 2.05) is 0 Å². The van der Waals surface area contributed by atoms with Crippen LogP contribution in [0, 0.1) is 0 Å². The van der Waals surface area contributed by atoms with Gasteiger partial charge in [-0.25, -0.2) is 0 Å². The molecule has 2 N–H and O–H groups in total. The number of nitrogens with zero attached hydrogens (tertiary/aromatic N) is 4. The maximum Gasteiger partial charge on any atom is 0.255 e.